The first-order valence-electron chi connectivity index (χ1n) is 7.27. The number of imide groups is 1. The van der Waals surface area contributed by atoms with E-state index in [-0.39, 0.29) is 11.8 Å². The molecule has 0 aromatic heterocycles. The van der Waals surface area contributed by atoms with Crippen LogP contribution in [0.1, 0.15) is 12.8 Å². The van der Waals surface area contributed by atoms with Crippen LogP contribution in [0.15, 0.2) is 24.3 Å². The quantitative estimate of drug-likeness (QED) is 0.886. The molecule has 0 unspecified atom stereocenters. The summed E-state index contributed by atoms with van der Waals surface area (Å²) in [5.41, 5.74) is 1.66. The van der Waals surface area contributed by atoms with E-state index in [4.69, 9.17) is 4.74 Å². The van der Waals surface area contributed by atoms with Gasteiger partial charge < -0.3 is 15.0 Å². The van der Waals surface area contributed by atoms with Crippen LogP contribution in [0.25, 0.3) is 0 Å². The molecule has 2 aliphatic rings. The lowest BCUT2D eigenvalue weighted by Crippen LogP contribution is -2.38. The van der Waals surface area contributed by atoms with E-state index in [9.17, 15) is 9.59 Å². The summed E-state index contributed by atoms with van der Waals surface area (Å²) in [7, 11) is 0. The number of carbonyl (C=O) groups is 2. The molecule has 3 rings (SSSR count). The molecule has 0 bridgehead atoms. The average Bonchev–Trinajstić information content (AvgIpc) is 3.33. The molecule has 2 fully saturated rings. The van der Waals surface area contributed by atoms with Crippen molar-refractivity contribution in [1.29, 1.82) is 0 Å². The van der Waals surface area contributed by atoms with Gasteiger partial charge in [-0.05, 0) is 25.0 Å². The Morgan fingerprint density at radius 2 is 1.86 bits per heavy atom. The van der Waals surface area contributed by atoms with Gasteiger partial charge in [-0.25, -0.2) is 4.79 Å². The van der Waals surface area contributed by atoms with Gasteiger partial charge in [0.05, 0.1) is 24.6 Å². The SMILES string of the molecule is O=C(NC(=O)C1CC1)Nc1ccccc1N1CCOCC1. The summed E-state index contributed by atoms with van der Waals surface area (Å²) in [5.74, 6) is -0.165. The second-order valence-corrected chi connectivity index (χ2v) is 5.33. The van der Waals surface area contributed by atoms with E-state index < -0.39 is 6.03 Å². The molecule has 6 heteroatoms. The fourth-order valence-electron chi connectivity index (χ4n) is 2.37. The van der Waals surface area contributed by atoms with Crippen molar-refractivity contribution in [3.05, 3.63) is 24.3 Å². The minimum absolute atomic E-state index is 0.0187. The second kappa shape index (κ2) is 6.13. The summed E-state index contributed by atoms with van der Waals surface area (Å²) in [4.78, 5) is 25.7. The normalized spacial score (nSPS) is 18.2. The van der Waals surface area contributed by atoms with Gasteiger partial charge >= 0.3 is 6.03 Å². The Bertz CT molecular complexity index is 537. The zero-order chi connectivity index (χ0) is 14.7. The predicted molar refractivity (Wildman–Crippen MR) is 79.4 cm³/mol. The summed E-state index contributed by atoms with van der Waals surface area (Å²) >= 11 is 0. The third-order valence-corrected chi connectivity index (χ3v) is 3.69. The Kier molecular flexibility index (Phi) is 4.06. The van der Waals surface area contributed by atoms with Crippen LogP contribution in [0.4, 0.5) is 16.2 Å². The maximum atomic E-state index is 11.9. The van der Waals surface area contributed by atoms with Crippen molar-refractivity contribution in [1.82, 2.24) is 5.32 Å². The molecule has 0 radical (unpaired) electrons. The summed E-state index contributed by atoms with van der Waals surface area (Å²) in [6, 6.07) is 7.13. The Hall–Kier alpha value is -2.08. The molecule has 21 heavy (non-hydrogen) atoms. The van der Waals surface area contributed by atoms with E-state index >= 15 is 0 Å². The van der Waals surface area contributed by atoms with Crippen LogP contribution < -0.4 is 15.5 Å². The molecule has 1 saturated carbocycles. The molecule has 2 N–H and O–H groups in total. The number of nitrogens with zero attached hydrogens (tertiary/aromatic N) is 1. The molecular weight excluding hydrogens is 270 g/mol. The van der Waals surface area contributed by atoms with Gasteiger partial charge in [-0.2, -0.15) is 0 Å². The molecule has 1 saturated heterocycles. The van der Waals surface area contributed by atoms with E-state index in [1.807, 2.05) is 24.3 Å². The lowest BCUT2D eigenvalue weighted by Gasteiger charge is -2.30. The Labute approximate surface area is 123 Å². The minimum atomic E-state index is -0.465. The molecule has 1 aromatic carbocycles. The number of carbonyl (C=O) groups excluding carboxylic acids is 2. The molecule has 1 aromatic rings. The van der Waals surface area contributed by atoms with Crippen LogP contribution in [-0.2, 0) is 9.53 Å². The number of morpholine rings is 1. The van der Waals surface area contributed by atoms with E-state index in [1.165, 1.54) is 0 Å². The molecule has 0 atom stereocenters. The summed E-state index contributed by atoms with van der Waals surface area (Å²) in [6.45, 7) is 2.95. The van der Waals surface area contributed by atoms with E-state index in [1.54, 1.807) is 0 Å². The van der Waals surface area contributed by atoms with Crippen molar-refractivity contribution < 1.29 is 14.3 Å². The van der Waals surface area contributed by atoms with Crippen molar-refractivity contribution in [2.75, 3.05) is 36.5 Å². The number of anilines is 2. The van der Waals surface area contributed by atoms with Crippen LogP contribution in [-0.4, -0.2) is 38.2 Å². The van der Waals surface area contributed by atoms with E-state index in [0.717, 1.165) is 31.6 Å². The zero-order valence-corrected chi connectivity index (χ0v) is 11.8. The van der Waals surface area contributed by atoms with Crippen molar-refractivity contribution in [2.45, 2.75) is 12.8 Å². The molecule has 1 aliphatic carbocycles. The van der Waals surface area contributed by atoms with Gasteiger partial charge in [-0.3, -0.25) is 10.1 Å². The molecule has 6 nitrogen and oxygen atoms in total. The molecule has 0 spiro atoms. The number of para-hydroxylation sites is 2. The first kappa shape index (κ1) is 13.9. The van der Waals surface area contributed by atoms with Crippen molar-refractivity contribution in [3.63, 3.8) is 0 Å². The highest BCUT2D eigenvalue weighted by molar-refractivity contribution is 6.03. The van der Waals surface area contributed by atoms with Gasteiger partial charge in [0.2, 0.25) is 5.91 Å². The van der Waals surface area contributed by atoms with Gasteiger partial charge in [-0.1, -0.05) is 12.1 Å². The third kappa shape index (κ3) is 3.52. The number of urea groups is 1. The van der Waals surface area contributed by atoms with E-state index in [2.05, 4.69) is 15.5 Å². The van der Waals surface area contributed by atoms with Gasteiger partial charge in [-0.15, -0.1) is 0 Å². The van der Waals surface area contributed by atoms with E-state index in [0.29, 0.717) is 18.9 Å². The van der Waals surface area contributed by atoms with Crippen LogP contribution in [0.2, 0.25) is 0 Å². The lowest BCUT2D eigenvalue weighted by molar-refractivity contribution is -0.121. The predicted octanol–water partition coefficient (Wildman–Crippen LogP) is 1.58. The highest BCUT2D eigenvalue weighted by Crippen LogP contribution is 2.29. The van der Waals surface area contributed by atoms with Gasteiger partial charge in [0.25, 0.3) is 0 Å². The van der Waals surface area contributed by atoms with Crippen molar-refractivity contribution in [2.24, 2.45) is 5.92 Å². The van der Waals surface area contributed by atoms with Crippen LogP contribution >= 0.6 is 0 Å². The van der Waals surface area contributed by atoms with Crippen molar-refractivity contribution >= 4 is 23.3 Å². The number of hydrogen-bond acceptors (Lipinski definition) is 4. The number of amides is 3. The number of ether oxygens (including phenoxy) is 1. The Balaban J connectivity index is 1.66. The van der Waals surface area contributed by atoms with Crippen LogP contribution in [0.3, 0.4) is 0 Å². The number of hydrogen-bond donors (Lipinski definition) is 2. The molecule has 112 valence electrons. The topological polar surface area (TPSA) is 70.7 Å². The summed E-state index contributed by atoms with van der Waals surface area (Å²) in [6.07, 6.45) is 1.76. The summed E-state index contributed by atoms with van der Waals surface area (Å²) in [5, 5.41) is 5.16. The first-order valence-corrected chi connectivity index (χ1v) is 7.27. The molecule has 1 aliphatic heterocycles. The largest absolute Gasteiger partial charge is 0.378 e. The van der Waals surface area contributed by atoms with Crippen molar-refractivity contribution in [3.8, 4) is 0 Å². The molecule has 3 amide bonds. The van der Waals surface area contributed by atoms with Crippen LogP contribution in [0, 0.1) is 5.92 Å². The fourth-order valence-corrected chi connectivity index (χ4v) is 2.37. The van der Waals surface area contributed by atoms with Crippen LogP contribution in [0.5, 0.6) is 0 Å². The third-order valence-electron chi connectivity index (χ3n) is 3.69. The monoisotopic (exact) mass is 289 g/mol. The minimum Gasteiger partial charge on any atom is -0.378 e. The first-order chi connectivity index (χ1) is 10.2. The highest BCUT2D eigenvalue weighted by Gasteiger charge is 2.30. The standard InChI is InChI=1S/C15H19N3O3/c19-14(11-5-6-11)17-15(20)16-12-3-1-2-4-13(12)18-7-9-21-10-8-18/h1-4,11H,5-10H2,(H2,16,17,19,20). The maximum Gasteiger partial charge on any atom is 0.325 e. The lowest BCUT2D eigenvalue weighted by atomic mass is 10.2. The number of rotatable bonds is 3. The fraction of sp³-hybridized carbons (Fsp3) is 0.467. The van der Waals surface area contributed by atoms with Gasteiger partial charge in [0, 0.05) is 19.0 Å². The Morgan fingerprint density at radius 1 is 1.14 bits per heavy atom. The number of nitrogens with one attached hydrogen (secondary N) is 2. The smallest absolute Gasteiger partial charge is 0.325 e. The molecular formula is C15H19N3O3. The Morgan fingerprint density at radius 3 is 2.57 bits per heavy atom. The maximum absolute atomic E-state index is 11.9. The second-order valence-electron chi connectivity index (χ2n) is 5.33. The highest BCUT2D eigenvalue weighted by atomic mass is 16.5. The van der Waals surface area contributed by atoms with Gasteiger partial charge in [0.15, 0.2) is 0 Å². The summed E-state index contributed by atoms with van der Waals surface area (Å²) < 4.78 is 5.34. The number of benzene rings is 1. The molecule has 1 heterocycles. The zero-order valence-electron chi connectivity index (χ0n) is 11.8. The average molecular weight is 289 g/mol. The van der Waals surface area contributed by atoms with Gasteiger partial charge in [0.1, 0.15) is 0 Å².